The van der Waals surface area contributed by atoms with E-state index in [4.69, 9.17) is 0 Å². The SMILES string of the molecule is CSc1cn(CC2(O)CCN(C(=O)N3CCNC[C@H]3C3C=CC=CC3C)CC23CCCC3)c(=O)cc1-c1ccccc1. The molecule has 224 valence electrons. The second kappa shape index (κ2) is 12.1. The molecule has 42 heavy (non-hydrogen) atoms. The fraction of sp³-hybridized carbons (Fsp3) is 0.529. The zero-order valence-corrected chi connectivity index (χ0v) is 25.7. The van der Waals surface area contributed by atoms with Gasteiger partial charge in [0.25, 0.3) is 5.56 Å². The minimum atomic E-state index is -1.05. The number of likely N-dealkylation sites (tertiary alicyclic amines) is 1. The number of aliphatic hydroxyl groups is 1. The Hall–Kier alpha value is -2.81. The molecule has 2 saturated heterocycles. The van der Waals surface area contributed by atoms with E-state index >= 15 is 0 Å². The number of amides is 2. The smallest absolute Gasteiger partial charge is 0.320 e. The van der Waals surface area contributed by atoms with Crippen LogP contribution >= 0.6 is 11.8 Å². The lowest BCUT2D eigenvalue weighted by atomic mass is 9.66. The molecule has 2 N–H and O–H groups in total. The number of urea groups is 1. The molecule has 0 bridgehead atoms. The predicted molar refractivity (Wildman–Crippen MR) is 170 cm³/mol. The first-order chi connectivity index (χ1) is 20.3. The highest BCUT2D eigenvalue weighted by atomic mass is 32.2. The lowest BCUT2D eigenvalue weighted by Crippen LogP contribution is -2.66. The number of pyridine rings is 1. The summed E-state index contributed by atoms with van der Waals surface area (Å²) in [5.74, 6) is 0.658. The van der Waals surface area contributed by atoms with Crippen LogP contribution in [0.5, 0.6) is 0 Å². The van der Waals surface area contributed by atoms with Crippen molar-refractivity contribution in [3.8, 4) is 11.1 Å². The van der Waals surface area contributed by atoms with E-state index in [1.165, 1.54) is 0 Å². The Bertz CT molecular complexity index is 1400. The zero-order valence-electron chi connectivity index (χ0n) is 24.9. The summed E-state index contributed by atoms with van der Waals surface area (Å²) >= 11 is 1.62. The number of rotatable bonds is 5. The molecule has 3 unspecified atom stereocenters. The van der Waals surface area contributed by atoms with E-state index in [1.54, 1.807) is 22.4 Å². The van der Waals surface area contributed by atoms with Crippen molar-refractivity contribution in [3.63, 3.8) is 0 Å². The number of carbonyl (C=O) groups is 1. The largest absolute Gasteiger partial charge is 0.387 e. The monoisotopic (exact) mass is 588 g/mol. The Morgan fingerprint density at radius 3 is 2.60 bits per heavy atom. The third-order valence-electron chi connectivity index (χ3n) is 10.4. The highest BCUT2D eigenvalue weighted by molar-refractivity contribution is 7.98. The number of hydrogen-bond acceptors (Lipinski definition) is 5. The number of allylic oxidation sites excluding steroid dienone is 3. The maximum absolute atomic E-state index is 14.2. The predicted octanol–water partition coefficient (Wildman–Crippen LogP) is 5.01. The summed E-state index contributed by atoms with van der Waals surface area (Å²) in [5, 5.41) is 15.9. The average molecular weight is 589 g/mol. The van der Waals surface area contributed by atoms with E-state index < -0.39 is 11.0 Å². The van der Waals surface area contributed by atoms with Crippen molar-refractivity contribution in [2.24, 2.45) is 17.3 Å². The summed E-state index contributed by atoms with van der Waals surface area (Å²) in [6.07, 6.45) is 16.9. The van der Waals surface area contributed by atoms with Crippen LogP contribution in [-0.4, -0.2) is 76.1 Å². The first-order valence-electron chi connectivity index (χ1n) is 15.5. The summed E-state index contributed by atoms with van der Waals surface area (Å²) in [5.41, 5.74) is 0.379. The Morgan fingerprint density at radius 1 is 1.10 bits per heavy atom. The van der Waals surface area contributed by atoms with Crippen LogP contribution in [0.4, 0.5) is 4.79 Å². The lowest BCUT2D eigenvalue weighted by Gasteiger charge is -2.54. The second-order valence-electron chi connectivity index (χ2n) is 12.7. The van der Waals surface area contributed by atoms with Gasteiger partial charge in [-0.3, -0.25) is 4.79 Å². The second-order valence-corrected chi connectivity index (χ2v) is 13.6. The third-order valence-corrected chi connectivity index (χ3v) is 11.1. The molecular formula is C34H44N4O3S. The molecule has 0 radical (unpaired) electrons. The van der Waals surface area contributed by atoms with Crippen LogP contribution in [0.25, 0.3) is 11.1 Å². The van der Waals surface area contributed by atoms with Crippen LogP contribution in [-0.2, 0) is 6.54 Å². The van der Waals surface area contributed by atoms with E-state index in [-0.39, 0.29) is 30.1 Å². The summed E-state index contributed by atoms with van der Waals surface area (Å²) in [7, 11) is 0. The van der Waals surface area contributed by atoms with Crippen LogP contribution in [0.15, 0.2) is 76.6 Å². The van der Waals surface area contributed by atoms with E-state index in [0.717, 1.165) is 54.8 Å². The molecule has 1 aromatic heterocycles. The number of carbonyl (C=O) groups excluding carboxylic acids is 1. The molecule has 3 fully saturated rings. The molecule has 4 atom stereocenters. The molecule has 6 rings (SSSR count). The van der Waals surface area contributed by atoms with Crippen LogP contribution < -0.4 is 10.9 Å². The van der Waals surface area contributed by atoms with Crippen LogP contribution in [0, 0.1) is 17.3 Å². The van der Waals surface area contributed by atoms with Gasteiger partial charge in [-0.15, -0.1) is 11.8 Å². The number of benzene rings is 1. The number of nitrogens with zero attached hydrogens (tertiary/aromatic N) is 3. The molecule has 3 heterocycles. The van der Waals surface area contributed by atoms with Gasteiger partial charge in [-0.2, -0.15) is 0 Å². The quantitative estimate of drug-likeness (QED) is 0.481. The molecule has 2 aliphatic heterocycles. The summed E-state index contributed by atoms with van der Waals surface area (Å²) in [6.45, 7) is 5.81. The van der Waals surface area contributed by atoms with Crippen molar-refractivity contribution >= 4 is 17.8 Å². The molecule has 2 aromatic rings. The summed E-state index contributed by atoms with van der Waals surface area (Å²) < 4.78 is 1.71. The summed E-state index contributed by atoms with van der Waals surface area (Å²) in [4.78, 5) is 32.7. The topological polar surface area (TPSA) is 77.8 Å². The molecule has 1 spiro atoms. The standard InChI is InChI=1S/C34H44N4O3S/c1-25-10-6-7-13-27(25)29-21-35-17-19-38(29)32(40)36-18-16-34(41,33(23-36)14-8-9-15-33)24-37-22-30(42-2)28(20-31(37)39)26-11-4-3-5-12-26/h3-7,10-13,20,22,25,27,29,35,41H,8-9,14-19,21,23-24H2,1-2H3/t25?,27?,29-,34?/m0/s1. The van der Waals surface area contributed by atoms with Gasteiger partial charge in [-0.25, -0.2) is 4.79 Å². The Balaban J connectivity index is 1.24. The first-order valence-corrected chi connectivity index (χ1v) is 16.7. The van der Waals surface area contributed by atoms with Gasteiger partial charge in [0.15, 0.2) is 0 Å². The van der Waals surface area contributed by atoms with Gasteiger partial charge >= 0.3 is 6.03 Å². The highest BCUT2D eigenvalue weighted by Gasteiger charge is 2.56. The third kappa shape index (κ3) is 5.38. The molecule has 4 aliphatic rings. The lowest BCUT2D eigenvalue weighted by molar-refractivity contribution is -0.137. The fourth-order valence-corrected chi connectivity index (χ4v) is 8.56. The molecule has 1 aromatic carbocycles. The van der Waals surface area contributed by atoms with E-state index in [2.05, 4.69) is 41.4 Å². The van der Waals surface area contributed by atoms with Gasteiger partial charge in [0.2, 0.25) is 0 Å². The minimum Gasteiger partial charge on any atom is -0.387 e. The van der Waals surface area contributed by atoms with Gasteiger partial charge in [0.05, 0.1) is 18.2 Å². The molecule has 2 amide bonds. The van der Waals surface area contributed by atoms with Crippen LogP contribution in [0.1, 0.15) is 39.0 Å². The van der Waals surface area contributed by atoms with Gasteiger partial charge in [-0.05, 0) is 37.0 Å². The van der Waals surface area contributed by atoms with Crippen LogP contribution in [0.3, 0.4) is 0 Å². The summed E-state index contributed by atoms with van der Waals surface area (Å²) in [6, 6.07) is 11.9. The molecule has 7 nitrogen and oxygen atoms in total. The average Bonchev–Trinajstić information content (AvgIpc) is 3.50. The van der Waals surface area contributed by atoms with Crippen LogP contribution in [0.2, 0.25) is 0 Å². The normalized spacial score (nSPS) is 28.9. The van der Waals surface area contributed by atoms with Crippen molar-refractivity contribution in [1.82, 2.24) is 19.7 Å². The van der Waals surface area contributed by atoms with E-state index in [9.17, 15) is 14.7 Å². The Kier molecular flexibility index (Phi) is 8.40. The van der Waals surface area contributed by atoms with Crippen molar-refractivity contribution in [2.75, 3.05) is 39.0 Å². The van der Waals surface area contributed by atoms with E-state index in [0.29, 0.717) is 32.0 Å². The zero-order chi connectivity index (χ0) is 29.3. The number of piperazine rings is 1. The van der Waals surface area contributed by atoms with Gasteiger partial charge in [0, 0.05) is 66.8 Å². The molecule has 1 saturated carbocycles. The number of nitrogens with one attached hydrogen (secondary N) is 1. The maximum Gasteiger partial charge on any atom is 0.320 e. The van der Waals surface area contributed by atoms with Crippen molar-refractivity contribution < 1.29 is 9.90 Å². The maximum atomic E-state index is 14.2. The number of piperidine rings is 1. The fourth-order valence-electron chi connectivity index (χ4n) is 7.93. The molecule has 2 aliphatic carbocycles. The number of aromatic nitrogens is 1. The minimum absolute atomic E-state index is 0.0963. The van der Waals surface area contributed by atoms with Crippen molar-refractivity contribution in [2.45, 2.75) is 62.1 Å². The number of thioether (sulfide) groups is 1. The van der Waals surface area contributed by atoms with E-state index in [1.807, 2.05) is 47.7 Å². The first kappa shape index (κ1) is 29.3. The molecular weight excluding hydrogens is 544 g/mol. The van der Waals surface area contributed by atoms with Crippen molar-refractivity contribution in [1.29, 1.82) is 0 Å². The highest BCUT2D eigenvalue weighted by Crippen LogP contribution is 2.52. The van der Waals surface area contributed by atoms with Crippen molar-refractivity contribution in [3.05, 3.63) is 77.3 Å². The van der Waals surface area contributed by atoms with Gasteiger partial charge in [0.1, 0.15) is 0 Å². The number of hydrogen-bond donors (Lipinski definition) is 2. The van der Waals surface area contributed by atoms with Gasteiger partial charge in [-0.1, -0.05) is 74.4 Å². The Morgan fingerprint density at radius 2 is 1.86 bits per heavy atom. The van der Waals surface area contributed by atoms with Gasteiger partial charge < -0.3 is 24.8 Å². The Labute approximate surface area is 253 Å². The molecule has 8 heteroatoms.